The highest BCUT2D eigenvalue weighted by Crippen LogP contribution is 2.03. The molecule has 1 atom stereocenters. The van der Waals surface area contributed by atoms with Crippen LogP contribution in [0.25, 0.3) is 0 Å². The highest BCUT2D eigenvalue weighted by molar-refractivity contribution is 5.53. The zero-order valence-electron chi connectivity index (χ0n) is 6.82. The molecule has 0 fully saturated rings. The smallest absolute Gasteiger partial charge is 0.123 e. The Bertz CT molecular complexity index is 242. The Morgan fingerprint density at radius 3 is 3.00 bits per heavy atom. The number of hydrogen-bond donors (Lipinski definition) is 0. The Labute approximate surface area is 66.0 Å². The summed E-state index contributed by atoms with van der Waals surface area (Å²) in [4.78, 5) is 10.3. The minimum Gasteiger partial charge on any atom is -0.303 e. The SMILES string of the molecule is CC(C=O)Cc1ccnn1C. The first-order valence-electron chi connectivity index (χ1n) is 3.66. The van der Waals surface area contributed by atoms with Gasteiger partial charge in [0.25, 0.3) is 0 Å². The quantitative estimate of drug-likeness (QED) is 0.600. The maximum Gasteiger partial charge on any atom is 0.123 e. The fraction of sp³-hybridized carbons (Fsp3) is 0.500. The van der Waals surface area contributed by atoms with E-state index in [1.807, 2.05) is 20.0 Å². The zero-order valence-corrected chi connectivity index (χ0v) is 6.82. The van der Waals surface area contributed by atoms with Gasteiger partial charge in [-0.25, -0.2) is 0 Å². The zero-order chi connectivity index (χ0) is 8.27. The molecule has 0 saturated carbocycles. The maximum absolute atomic E-state index is 10.3. The van der Waals surface area contributed by atoms with E-state index < -0.39 is 0 Å². The summed E-state index contributed by atoms with van der Waals surface area (Å²) in [6.45, 7) is 1.90. The Hall–Kier alpha value is -1.12. The fourth-order valence-corrected chi connectivity index (χ4v) is 0.980. The summed E-state index contributed by atoms with van der Waals surface area (Å²) in [7, 11) is 1.88. The molecular formula is C8H12N2O. The van der Waals surface area contributed by atoms with Crippen molar-refractivity contribution in [1.29, 1.82) is 0 Å². The predicted molar refractivity (Wildman–Crippen MR) is 42.1 cm³/mol. The van der Waals surface area contributed by atoms with Crippen molar-refractivity contribution in [3.63, 3.8) is 0 Å². The number of hydrogen-bond acceptors (Lipinski definition) is 2. The molecule has 0 aliphatic carbocycles. The van der Waals surface area contributed by atoms with E-state index in [0.717, 1.165) is 18.4 Å². The van der Waals surface area contributed by atoms with Crippen LogP contribution in [0, 0.1) is 5.92 Å². The van der Waals surface area contributed by atoms with Crippen molar-refractivity contribution in [2.75, 3.05) is 0 Å². The summed E-state index contributed by atoms with van der Waals surface area (Å²) in [5.41, 5.74) is 1.10. The topological polar surface area (TPSA) is 34.9 Å². The van der Waals surface area contributed by atoms with Gasteiger partial charge < -0.3 is 4.79 Å². The van der Waals surface area contributed by atoms with Gasteiger partial charge >= 0.3 is 0 Å². The van der Waals surface area contributed by atoms with E-state index in [0.29, 0.717) is 0 Å². The van der Waals surface area contributed by atoms with Gasteiger partial charge in [0.1, 0.15) is 6.29 Å². The molecule has 0 saturated heterocycles. The van der Waals surface area contributed by atoms with E-state index in [1.54, 1.807) is 10.9 Å². The highest BCUT2D eigenvalue weighted by atomic mass is 16.1. The molecule has 3 heteroatoms. The van der Waals surface area contributed by atoms with Crippen LogP contribution in [0.15, 0.2) is 12.3 Å². The summed E-state index contributed by atoms with van der Waals surface area (Å²) in [5, 5.41) is 4.00. The number of nitrogens with zero attached hydrogens (tertiary/aromatic N) is 2. The standard InChI is InChI=1S/C8H12N2O/c1-7(6-11)5-8-3-4-9-10(8)2/h3-4,6-7H,5H2,1-2H3. The summed E-state index contributed by atoms with van der Waals surface area (Å²) in [6, 6.07) is 1.93. The third kappa shape index (κ3) is 1.90. The number of rotatable bonds is 3. The third-order valence-corrected chi connectivity index (χ3v) is 1.69. The predicted octanol–water partition coefficient (Wildman–Crippen LogP) is 0.798. The Kier molecular flexibility index (Phi) is 2.41. The van der Waals surface area contributed by atoms with E-state index in [-0.39, 0.29) is 5.92 Å². The Balaban J connectivity index is 2.63. The summed E-state index contributed by atoms with van der Waals surface area (Å²) >= 11 is 0. The van der Waals surface area contributed by atoms with Crippen LogP contribution in [0.2, 0.25) is 0 Å². The summed E-state index contributed by atoms with van der Waals surface area (Å²) in [5.74, 6) is 0.0883. The van der Waals surface area contributed by atoms with Gasteiger partial charge in [0.15, 0.2) is 0 Å². The van der Waals surface area contributed by atoms with Gasteiger partial charge in [-0.1, -0.05) is 6.92 Å². The van der Waals surface area contributed by atoms with Crippen molar-refractivity contribution in [2.24, 2.45) is 13.0 Å². The molecule has 60 valence electrons. The van der Waals surface area contributed by atoms with Crippen molar-refractivity contribution < 1.29 is 4.79 Å². The molecule has 0 N–H and O–H groups in total. The monoisotopic (exact) mass is 152 g/mol. The molecule has 0 radical (unpaired) electrons. The first kappa shape index (κ1) is 7.98. The van der Waals surface area contributed by atoms with Crippen LogP contribution < -0.4 is 0 Å². The molecule has 0 aliphatic heterocycles. The van der Waals surface area contributed by atoms with Crippen molar-refractivity contribution in [3.05, 3.63) is 18.0 Å². The molecule has 0 bridgehead atoms. The molecule has 1 heterocycles. The molecule has 0 amide bonds. The largest absolute Gasteiger partial charge is 0.303 e. The van der Waals surface area contributed by atoms with E-state index >= 15 is 0 Å². The average molecular weight is 152 g/mol. The van der Waals surface area contributed by atoms with E-state index in [1.165, 1.54) is 0 Å². The lowest BCUT2D eigenvalue weighted by Gasteiger charge is -2.02. The molecule has 1 rings (SSSR count). The molecule has 0 aliphatic rings. The number of aryl methyl sites for hydroxylation is 1. The minimum atomic E-state index is 0.0883. The van der Waals surface area contributed by atoms with Gasteiger partial charge in [0, 0.05) is 24.9 Å². The van der Waals surface area contributed by atoms with Crippen molar-refractivity contribution in [1.82, 2.24) is 9.78 Å². The molecule has 1 aromatic heterocycles. The first-order valence-corrected chi connectivity index (χ1v) is 3.66. The highest BCUT2D eigenvalue weighted by Gasteiger charge is 2.03. The van der Waals surface area contributed by atoms with Crippen LogP contribution in [0.3, 0.4) is 0 Å². The second-order valence-electron chi connectivity index (χ2n) is 2.76. The number of aldehydes is 1. The number of aromatic nitrogens is 2. The number of carbonyl (C=O) groups excluding carboxylic acids is 1. The van der Waals surface area contributed by atoms with Gasteiger partial charge in [-0.05, 0) is 12.5 Å². The maximum atomic E-state index is 10.3. The van der Waals surface area contributed by atoms with Crippen molar-refractivity contribution in [2.45, 2.75) is 13.3 Å². The summed E-state index contributed by atoms with van der Waals surface area (Å²) in [6.07, 6.45) is 3.49. The van der Waals surface area contributed by atoms with Gasteiger partial charge in [0.2, 0.25) is 0 Å². The van der Waals surface area contributed by atoms with Crippen LogP contribution in [0.1, 0.15) is 12.6 Å². The Morgan fingerprint density at radius 1 is 1.82 bits per heavy atom. The second-order valence-corrected chi connectivity index (χ2v) is 2.76. The molecule has 3 nitrogen and oxygen atoms in total. The summed E-state index contributed by atoms with van der Waals surface area (Å²) < 4.78 is 1.79. The fourth-order valence-electron chi connectivity index (χ4n) is 0.980. The van der Waals surface area contributed by atoms with Crippen LogP contribution in [-0.4, -0.2) is 16.1 Å². The van der Waals surface area contributed by atoms with Gasteiger partial charge in [-0.2, -0.15) is 5.10 Å². The van der Waals surface area contributed by atoms with Crippen molar-refractivity contribution in [3.8, 4) is 0 Å². The Morgan fingerprint density at radius 2 is 2.55 bits per heavy atom. The molecule has 1 unspecified atom stereocenters. The van der Waals surface area contributed by atoms with E-state index in [4.69, 9.17) is 0 Å². The van der Waals surface area contributed by atoms with Crippen LogP contribution in [0.5, 0.6) is 0 Å². The molecule has 11 heavy (non-hydrogen) atoms. The van der Waals surface area contributed by atoms with E-state index in [9.17, 15) is 4.79 Å². The van der Waals surface area contributed by atoms with Gasteiger partial charge in [0.05, 0.1) is 0 Å². The lowest BCUT2D eigenvalue weighted by molar-refractivity contribution is -0.110. The van der Waals surface area contributed by atoms with Crippen molar-refractivity contribution >= 4 is 6.29 Å². The molecule has 0 aromatic carbocycles. The molecule has 1 aromatic rings. The first-order chi connectivity index (χ1) is 5.24. The third-order valence-electron chi connectivity index (χ3n) is 1.69. The lowest BCUT2D eigenvalue weighted by Crippen LogP contribution is -2.05. The minimum absolute atomic E-state index is 0.0883. The molecular weight excluding hydrogens is 140 g/mol. The van der Waals surface area contributed by atoms with Crippen LogP contribution >= 0.6 is 0 Å². The molecule has 0 spiro atoms. The van der Waals surface area contributed by atoms with Gasteiger partial charge in [-0.3, -0.25) is 4.68 Å². The van der Waals surface area contributed by atoms with Gasteiger partial charge in [-0.15, -0.1) is 0 Å². The second kappa shape index (κ2) is 3.32. The lowest BCUT2D eigenvalue weighted by atomic mass is 10.1. The number of carbonyl (C=O) groups is 1. The average Bonchev–Trinajstić information content (AvgIpc) is 2.37. The van der Waals surface area contributed by atoms with Crippen LogP contribution in [0.4, 0.5) is 0 Å². The van der Waals surface area contributed by atoms with E-state index in [2.05, 4.69) is 5.10 Å². The van der Waals surface area contributed by atoms with Crippen LogP contribution in [-0.2, 0) is 18.3 Å². The normalized spacial score (nSPS) is 12.9.